The average molecular weight is 530 g/mol. The minimum Gasteiger partial charge on any atom is -0.321 e. The maximum Gasteiger partial charge on any atom is 0.258 e. The molecule has 3 aromatic rings. The van der Waals surface area contributed by atoms with Crippen LogP contribution in [0.2, 0.25) is 0 Å². The number of nitriles is 2. The van der Waals surface area contributed by atoms with Crippen molar-refractivity contribution >= 4 is 44.0 Å². The van der Waals surface area contributed by atoms with E-state index in [2.05, 4.69) is 12.2 Å². The van der Waals surface area contributed by atoms with E-state index in [0.29, 0.717) is 17.8 Å². The van der Waals surface area contributed by atoms with Gasteiger partial charge in [-0.05, 0) is 48.9 Å². The van der Waals surface area contributed by atoms with Gasteiger partial charge in [0, 0.05) is 60.1 Å². The SMILES string of the molecule is CCCCN1C(=O)c2cccc3c(NC(=O)c4ccc(S(=O)(=O)N(CCC#N)CCC#N)cc4)ccc1c23. The minimum atomic E-state index is -3.93. The molecule has 0 saturated heterocycles. The number of rotatable bonds is 11. The van der Waals surface area contributed by atoms with Crippen LogP contribution in [0.15, 0.2) is 59.5 Å². The van der Waals surface area contributed by atoms with Gasteiger partial charge in [0.2, 0.25) is 10.0 Å². The maximum atomic E-state index is 13.1. The van der Waals surface area contributed by atoms with E-state index in [9.17, 15) is 18.0 Å². The standard InChI is InChI=1S/C28H27N5O4S/c1-2-3-19-33-25-14-13-24(22-7-4-8-23(26(22)25)28(33)35)31-27(34)20-9-11-21(12-10-20)38(36,37)32(17-5-15-29)18-6-16-30/h4,7-14H,2-3,5-6,17-19H2,1H3,(H,31,34). The Bertz CT molecular complexity index is 1550. The maximum absolute atomic E-state index is 13.1. The minimum absolute atomic E-state index is 0.00156. The highest BCUT2D eigenvalue weighted by molar-refractivity contribution is 7.89. The molecule has 1 aliphatic heterocycles. The number of carbonyl (C=O) groups excluding carboxylic acids is 2. The molecule has 38 heavy (non-hydrogen) atoms. The van der Waals surface area contributed by atoms with Gasteiger partial charge in [0.15, 0.2) is 0 Å². The molecule has 3 aromatic carbocycles. The van der Waals surface area contributed by atoms with Crippen molar-refractivity contribution in [2.24, 2.45) is 0 Å². The summed E-state index contributed by atoms with van der Waals surface area (Å²) >= 11 is 0. The molecule has 0 aliphatic carbocycles. The molecule has 0 aromatic heterocycles. The van der Waals surface area contributed by atoms with Crippen molar-refractivity contribution in [1.82, 2.24) is 4.31 Å². The molecule has 1 aliphatic rings. The molecule has 0 radical (unpaired) electrons. The summed E-state index contributed by atoms with van der Waals surface area (Å²) in [6, 6.07) is 18.4. The topological polar surface area (TPSA) is 134 Å². The Labute approximate surface area is 221 Å². The predicted molar refractivity (Wildman–Crippen MR) is 144 cm³/mol. The van der Waals surface area contributed by atoms with Crippen LogP contribution in [0, 0.1) is 22.7 Å². The quantitative estimate of drug-likeness (QED) is 0.384. The molecule has 0 fully saturated rings. The van der Waals surface area contributed by atoms with Crippen LogP contribution >= 0.6 is 0 Å². The van der Waals surface area contributed by atoms with Crippen LogP contribution < -0.4 is 10.2 Å². The van der Waals surface area contributed by atoms with Crippen LogP contribution in [0.3, 0.4) is 0 Å². The largest absolute Gasteiger partial charge is 0.321 e. The molecule has 0 saturated carbocycles. The van der Waals surface area contributed by atoms with E-state index in [1.165, 1.54) is 24.3 Å². The molecule has 4 rings (SSSR count). The lowest BCUT2D eigenvalue weighted by atomic mass is 10.0. The molecule has 2 amide bonds. The van der Waals surface area contributed by atoms with Gasteiger partial charge in [-0.3, -0.25) is 9.59 Å². The Morgan fingerprint density at radius 1 is 1.00 bits per heavy atom. The lowest BCUT2D eigenvalue weighted by Gasteiger charge is -2.20. The van der Waals surface area contributed by atoms with Crippen LogP contribution in [0.5, 0.6) is 0 Å². The zero-order chi connectivity index (χ0) is 27.3. The van der Waals surface area contributed by atoms with Crippen molar-refractivity contribution in [3.05, 3.63) is 65.7 Å². The van der Waals surface area contributed by atoms with Gasteiger partial charge < -0.3 is 10.2 Å². The Hall–Kier alpha value is -4.25. The average Bonchev–Trinajstić information content (AvgIpc) is 3.20. The highest BCUT2D eigenvalue weighted by Crippen LogP contribution is 2.40. The van der Waals surface area contributed by atoms with E-state index in [-0.39, 0.29) is 42.3 Å². The zero-order valence-corrected chi connectivity index (χ0v) is 21.8. The number of hydrogen-bond acceptors (Lipinski definition) is 6. The van der Waals surface area contributed by atoms with Crippen molar-refractivity contribution in [3.8, 4) is 12.1 Å². The van der Waals surface area contributed by atoms with Gasteiger partial charge in [-0.25, -0.2) is 8.42 Å². The van der Waals surface area contributed by atoms with Gasteiger partial charge in [-0.15, -0.1) is 0 Å². The first-order chi connectivity index (χ1) is 18.3. The van der Waals surface area contributed by atoms with E-state index in [0.717, 1.165) is 33.6 Å². The van der Waals surface area contributed by atoms with Gasteiger partial charge >= 0.3 is 0 Å². The van der Waals surface area contributed by atoms with E-state index >= 15 is 0 Å². The van der Waals surface area contributed by atoms with Crippen molar-refractivity contribution in [2.45, 2.75) is 37.5 Å². The molecule has 10 heteroatoms. The second kappa shape index (κ2) is 11.4. The van der Waals surface area contributed by atoms with Crippen molar-refractivity contribution < 1.29 is 18.0 Å². The molecule has 9 nitrogen and oxygen atoms in total. The van der Waals surface area contributed by atoms with Gasteiger partial charge in [0.05, 0.1) is 22.7 Å². The number of unbranched alkanes of at least 4 members (excludes halogenated alkanes) is 1. The number of sulfonamides is 1. The van der Waals surface area contributed by atoms with Crippen LogP contribution in [0.1, 0.15) is 53.3 Å². The van der Waals surface area contributed by atoms with Crippen LogP contribution in [0.25, 0.3) is 10.8 Å². The summed E-state index contributed by atoms with van der Waals surface area (Å²) < 4.78 is 27.2. The number of nitrogens with one attached hydrogen (secondary N) is 1. The Morgan fingerprint density at radius 2 is 1.68 bits per heavy atom. The lowest BCUT2D eigenvalue weighted by Crippen LogP contribution is -2.32. The highest BCUT2D eigenvalue weighted by Gasteiger charge is 2.30. The lowest BCUT2D eigenvalue weighted by molar-refractivity contribution is 0.0991. The zero-order valence-electron chi connectivity index (χ0n) is 21.0. The third-order valence-corrected chi connectivity index (χ3v) is 8.38. The normalized spacial score (nSPS) is 12.5. The molecular formula is C28H27N5O4S. The third-order valence-electron chi connectivity index (χ3n) is 6.47. The summed E-state index contributed by atoms with van der Waals surface area (Å²) in [5.74, 6) is -0.467. The number of anilines is 2. The summed E-state index contributed by atoms with van der Waals surface area (Å²) in [7, 11) is -3.93. The van der Waals surface area contributed by atoms with Gasteiger partial charge in [-0.2, -0.15) is 14.8 Å². The number of nitrogens with zero attached hydrogens (tertiary/aromatic N) is 4. The second-order valence-corrected chi connectivity index (χ2v) is 10.8. The number of amides is 2. The fourth-order valence-electron chi connectivity index (χ4n) is 4.52. The first kappa shape index (κ1) is 26.8. The third kappa shape index (κ3) is 5.10. The van der Waals surface area contributed by atoms with E-state index in [1.54, 1.807) is 23.1 Å². The number of hydrogen-bond donors (Lipinski definition) is 1. The monoisotopic (exact) mass is 529 g/mol. The van der Waals surface area contributed by atoms with E-state index < -0.39 is 15.9 Å². The first-order valence-electron chi connectivity index (χ1n) is 12.4. The van der Waals surface area contributed by atoms with Crippen LogP contribution in [-0.2, 0) is 10.0 Å². The molecular weight excluding hydrogens is 502 g/mol. The van der Waals surface area contributed by atoms with Gasteiger partial charge in [-0.1, -0.05) is 25.5 Å². The van der Waals surface area contributed by atoms with Crippen molar-refractivity contribution in [2.75, 3.05) is 29.9 Å². The summed E-state index contributed by atoms with van der Waals surface area (Å²) in [6.45, 7) is 2.66. The number of benzene rings is 3. The smallest absolute Gasteiger partial charge is 0.258 e. The van der Waals surface area contributed by atoms with E-state index in [4.69, 9.17) is 10.5 Å². The molecule has 0 atom stereocenters. The Morgan fingerprint density at radius 3 is 2.32 bits per heavy atom. The van der Waals surface area contributed by atoms with E-state index in [1.807, 2.05) is 24.3 Å². The first-order valence-corrected chi connectivity index (χ1v) is 13.8. The molecule has 194 valence electrons. The molecule has 1 N–H and O–H groups in total. The van der Waals surface area contributed by atoms with Crippen LogP contribution in [0.4, 0.5) is 11.4 Å². The Balaban J connectivity index is 1.57. The van der Waals surface area contributed by atoms with Crippen molar-refractivity contribution in [1.29, 1.82) is 10.5 Å². The Kier molecular flexibility index (Phi) is 8.06. The summed E-state index contributed by atoms with van der Waals surface area (Å²) in [5, 5.41) is 22.2. The predicted octanol–water partition coefficient (Wildman–Crippen LogP) is 4.67. The second-order valence-electron chi connectivity index (χ2n) is 8.87. The van der Waals surface area contributed by atoms with Gasteiger partial charge in [0.25, 0.3) is 11.8 Å². The molecule has 0 spiro atoms. The number of carbonyl (C=O) groups is 2. The summed E-state index contributed by atoms with van der Waals surface area (Å²) in [5.41, 5.74) is 2.25. The fraction of sp³-hybridized carbons (Fsp3) is 0.286. The van der Waals surface area contributed by atoms with Gasteiger partial charge in [0.1, 0.15) is 0 Å². The molecule has 1 heterocycles. The highest BCUT2D eigenvalue weighted by atomic mass is 32.2. The molecule has 0 bridgehead atoms. The van der Waals surface area contributed by atoms with Crippen molar-refractivity contribution in [3.63, 3.8) is 0 Å². The molecule has 0 unspecified atom stereocenters. The van der Waals surface area contributed by atoms with Crippen LogP contribution in [-0.4, -0.2) is 44.2 Å². The summed E-state index contributed by atoms with van der Waals surface area (Å²) in [4.78, 5) is 27.8. The summed E-state index contributed by atoms with van der Waals surface area (Å²) in [6.07, 6.45) is 1.86. The fourth-order valence-corrected chi connectivity index (χ4v) is 5.96.